The van der Waals surface area contributed by atoms with Crippen LogP contribution in [-0.4, -0.2) is 37.9 Å². The number of nitrogens with zero attached hydrogens (tertiary/aromatic N) is 4. The molecule has 1 aliphatic heterocycles. The van der Waals surface area contributed by atoms with Gasteiger partial charge >= 0.3 is 0 Å². The van der Waals surface area contributed by atoms with Gasteiger partial charge in [0.1, 0.15) is 0 Å². The summed E-state index contributed by atoms with van der Waals surface area (Å²) in [5.74, 6) is 0.103. The van der Waals surface area contributed by atoms with Crippen LogP contribution < -0.4 is 5.32 Å². The highest BCUT2D eigenvalue weighted by atomic mass is 32.2. The lowest BCUT2D eigenvalue weighted by atomic mass is 10.2. The van der Waals surface area contributed by atoms with Crippen LogP contribution in [0.4, 0.5) is 0 Å². The molecule has 1 atom stereocenters. The van der Waals surface area contributed by atoms with E-state index in [0.29, 0.717) is 0 Å². The lowest BCUT2D eigenvalue weighted by Gasteiger charge is -2.13. The van der Waals surface area contributed by atoms with Crippen LogP contribution in [0.25, 0.3) is 0 Å². The van der Waals surface area contributed by atoms with Crippen molar-refractivity contribution in [3.63, 3.8) is 0 Å². The van der Waals surface area contributed by atoms with Gasteiger partial charge in [0, 0.05) is 6.54 Å². The van der Waals surface area contributed by atoms with Crippen LogP contribution in [-0.2, 0) is 4.79 Å². The van der Waals surface area contributed by atoms with Crippen LogP contribution in [0.2, 0.25) is 0 Å². The maximum absolute atomic E-state index is 11.8. The Morgan fingerprint density at radius 3 is 3.06 bits per heavy atom. The van der Waals surface area contributed by atoms with Crippen molar-refractivity contribution in [1.82, 2.24) is 25.5 Å². The average Bonchev–Trinajstić information content (AvgIpc) is 2.66. The van der Waals surface area contributed by atoms with E-state index >= 15 is 0 Å². The van der Waals surface area contributed by atoms with Gasteiger partial charge in [-0.2, -0.15) is 0 Å². The number of hydrogen-bond acceptors (Lipinski definition) is 5. The monoisotopic (exact) mass is 255 g/mol. The summed E-state index contributed by atoms with van der Waals surface area (Å²) in [7, 11) is 0. The van der Waals surface area contributed by atoms with Crippen molar-refractivity contribution >= 4 is 17.7 Å². The summed E-state index contributed by atoms with van der Waals surface area (Å²) in [5.41, 5.74) is 0. The van der Waals surface area contributed by atoms with Crippen molar-refractivity contribution in [3.05, 3.63) is 0 Å². The second-order valence-corrected chi connectivity index (χ2v) is 5.56. The molecule has 1 aromatic rings. The van der Waals surface area contributed by atoms with Gasteiger partial charge in [-0.05, 0) is 37.1 Å². The zero-order valence-electron chi connectivity index (χ0n) is 10.1. The smallest absolute Gasteiger partial charge is 0.233 e. The van der Waals surface area contributed by atoms with Crippen LogP contribution >= 0.6 is 11.8 Å². The highest BCUT2D eigenvalue weighted by molar-refractivity contribution is 8.00. The van der Waals surface area contributed by atoms with E-state index in [0.717, 1.165) is 31.0 Å². The lowest BCUT2D eigenvalue weighted by molar-refractivity contribution is -0.120. The molecule has 0 aliphatic carbocycles. The van der Waals surface area contributed by atoms with E-state index in [1.165, 1.54) is 11.8 Å². The average molecular weight is 255 g/mol. The van der Waals surface area contributed by atoms with E-state index in [1.54, 1.807) is 4.68 Å². The number of hydrogen-bond donors (Lipinski definition) is 1. The lowest BCUT2D eigenvalue weighted by Crippen LogP contribution is -2.30. The van der Waals surface area contributed by atoms with Crippen molar-refractivity contribution in [2.45, 2.75) is 49.6 Å². The summed E-state index contributed by atoms with van der Waals surface area (Å²) < 4.78 is 1.75. The van der Waals surface area contributed by atoms with Crippen molar-refractivity contribution in [1.29, 1.82) is 0 Å². The highest BCUT2D eigenvalue weighted by Gasteiger charge is 2.24. The summed E-state index contributed by atoms with van der Waals surface area (Å²) in [6, 6.07) is 0.210. The minimum absolute atomic E-state index is 0.0685. The first-order valence-corrected chi connectivity index (χ1v) is 6.78. The molecule has 0 aromatic carbocycles. The SMILES string of the molecule is CC(C)n1nnnc1SC1CCCCNC1=O. The van der Waals surface area contributed by atoms with Gasteiger partial charge in [-0.1, -0.05) is 18.2 Å². The fourth-order valence-corrected chi connectivity index (χ4v) is 2.91. The largest absolute Gasteiger partial charge is 0.355 e. The Kier molecular flexibility index (Phi) is 3.98. The molecule has 1 saturated heterocycles. The zero-order valence-corrected chi connectivity index (χ0v) is 10.9. The molecular formula is C10H17N5OS. The normalized spacial score (nSPS) is 21.4. The summed E-state index contributed by atoms with van der Waals surface area (Å²) in [6.07, 6.45) is 3.01. The molecule has 17 heavy (non-hydrogen) atoms. The van der Waals surface area contributed by atoms with Gasteiger partial charge in [-0.3, -0.25) is 4.79 Å². The van der Waals surface area contributed by atoms with E-state index in [-0.39, 0.29) is 17.2 Å². The van der Waals surface area contributed by atoms with Crippen molar-refractivity contribution in [2.24, 2.45) is 0 Å². The number of carbonyl (C=O) groups is 1. The van der Waals surface area contributed by atoms with E-state index in [9.17, 15) is 4.79 Å². The van der Waals surface area contributed by atoms with Gasteiger partial charge in [0.25, 0.3) is 0 Å². The minimum Gasteiger partial charge on any atom is -0.355 e. The first-order valence-electron chi connectivity index (χ1n) is 5.90. The molecule has 0 bridgehead atoms. The Morgan fingerprint density at radius 2 is 2.29 bits per heavy atom. The predicted octanol–water partition coefficient (Wildman–Crippen LogP) is 1.01. The second-order valence-electron chi connectivity index (χ2n) is 4.39. The second kappa shape index (κ2) is 5.48. The Labute approximate surface area is 105 Å². The molecule has 1 unspecified atom stereocenters. The summed E-state index contributed by atoms with van der Waals surface area (Å²) in [4.78, 5) is 11.8. The van der Waals surface area contributed by atoms with E-state index in [4.69, 9.17) is 0 Å². The van der Waals surface area contributed by atoms with Crippen molar-refractivity contribution in [2.75, 3.05) is 6.54 Å². The number of carbonyl (C=O) groups excluding carboxylic acids is 1. The number of thioether (sulfide) groups is 1. The fraction of sp³-hybridized carbons (Fsp3) is 0.800. The molecule has 0 radical (unpaired) electrons. The van der Waals surface area contributed by atoms with Crippen LogP contribution in [0.5, 0.6) is 0 Å². The number of aromatic nitrogens is 4. The van der Waals surface area contributed by atoms with E-state index < -0.39 is 0 Å². The molecule has 2 rings (SSSR count). The molecule has 1 fully saturated rings. The standard InChI is InChI=1S/C10H17N5OS/c1-7(2)15-10(12-13-14-15)17-8-5-3-4-6-11-9(8)16/h7-8H,3-6H2,1-2H3,(H,11,16). The minimum atomic E-state index is -0.0685. The van der Waals surface area contributed by atoms with Crippen molar-refractivity contribution in [3.8, 4) is 0 Å². The van der Waals surface area contributed by atoms with Gasteiger partial charge in [0.15, 0.2) is 0 Å². The zero-order chi connectivity index (χ0) is 12.3. The third kappa shape index (κ3) is 2.96. The number of nitrogens with one attached hydrogen (secondary N) is 1. The quantitative estimate of drug-likeness (QED) is 0.872. The van der Waals surface area contributed by atoms with E-state index in [2.05, 4.69) is 20.8 Å². The molecule has 1 aromatic heterocycles. The first kappa shape index (κ1) is 12.3. The maximum atomic E-state index is 11.8. The molecule has 7 heteroatoms. The molecule has 94 valence electrons. The van der Waals surface area contributed by atoms with Crippen LogP contribution in [0.3, 0.4) is 0 Å². The molecule has 1 N–H and O–H groups in total. The highest BCUT2D eigenvalue weighted by Crippen LogP contribution is 2.27. The predicted molar refractivity (Wildman–Crippen MR) is 64.7 cm³/mol. The number of rotatable bonds is 3. The molecule has 0 saturated carbocycles. The third-order valence-electron chi connectivity index (χ3n) is 2.68. The van der Waals surface area contributed by atoms with Gasteiger partial charge < -0.3 is 5.32 Å². The van der Waals surface area contributed by atoms with Gasteiger partial charge in [-0.15, -0.1) is 5.10 Å². The summed E-state index contributed by atoms with van der Waals surface area (Å²) in [5, 5.41) is 15.2. The maximum Gasteiger partial charge on any atom is 0.233 e. The Bertz CT molecular complexity index is 392. The van der Waals surface area contributed by atoms with Gasteiger partial charge in [0.2, 0.25) is 11.1 Å². The van der Waals surface area contributed by atoms with Gasteiger partial charge in [0.05, 0.1) is 11.3 Å². The van der Waals surface area contributed by atoms with Crippen LogP contribution in [0.15, 0.2) is 5.16 Å². The molecule has 1 aliphatic rings. The molecule has 1 amide bonds. The van der Waals surface area contributed by atoms with Crippen molar-refractivity contribution < 1.29 is 4.79 Å². The molecule has 6 nitrogen and oxygen atoms in total. The van der Waals surface area contributed by atoms with E-state index in [1.807, 2.05) is 13.8 Å². The summed E-state index contributed by atoms with van der Waals surface area (Å²) >= 11 is 1.46. The van der Waals surface area contributed by atoms with Crippen LogP contribution in [0.1, 0.15) is 39.2 Å². The van der Waals surface area contributed by atoms with Crippen LogP contribution in [0, 0.1) is 0 Å². The molecule has 2 heterocycles. The summed E-state index contributed by atoms with van der Waals surface area (Å²) in [6.45, 7) is 4.83. The molecule has 0 spiro atoms. The fourth-order valence-electron chi connectivity index (χ4n) is 1.74. The number of tetrazole rings is 1. The van der Waals surface area contributed by atoms with Gasteiger partial charge in [-0.25, -0.2) is 4.68 Å². The first-order chi connectivity index (χ1) is 8.18. The molecular weight excluding hydrogens is 238 g/mol. The topological polar surface area (TPSA) is 72.7 Å². The third-order valence-corrected chi connectivity index (χ3v) is 3.90. The Balaban J connectivity index is 2.08. The number of amides is 1. The Morgan fingerprint density at radius 1 is 1.47 bits per heavy atom. The Hall–Kier alpha value is -1.11.